The van der Waals surface area contributed by atoms with E-state index < -0.39 is 10.0 Å². The number of likely N-dealkylation sites (tertiary alicyclic amines) is 1. The summed E-state index contributed by atoms with van der Waals surface area (Å²) in [4.78, 5) is 18.6. The molecule has 1 aromatic heterocycles. The number of sulfonamides is 1. The van der Waals surface area contributed by atoms with E-state index in [4.69, 9.17) is 5.73 Å². The van der Waals surface area contributed by atoms with Crippen LogP contribution in [0, 0.1) is 0 Å². The van der Waals surface area contributed by atoms with E-state index in [-0.39, 0.29) is 30.8 Å². The number of carbonyl (C=O) groups is 1. The normalized spacial score (nSPS) is 18.0. The molecule has 136 valence electrons. The molecule has 0 radical (unpaired) electrons. The van der Waals surface area contributed by atoms with Gasteiger partial charge in [0.05, 0.1) is 24.6 Å². The number of hydrogen-bond donors (Lipinski definition) is 2. The minimum Gasteiger partial charge on any atom is -0.397 e. The number of carbonyl (C=O) groups excluding carboxylic acids is 1. The highest BCUT2D eigenvalue weighted by Gasteiger charge is 2.26. The minimum absolute atomic E-state index is 0. The molecule has 3 N–H and O–H groups in total. The van der Waals surface area contributed by atoms with Gasteiger partial charge in [0.25, 0.3) is 0 Å². The van der Waals surface area contributed by atoms with E-state index in [2.05, 4.69) is 9.71 Å². The van der Waals surface area contributed by atoms with Gasteiger partial charge in [0.15, 0.2) is 0 Å². The molecule has 1 amide bonds. The zero-order valence-corrected chi connectivity index (χ0v) is 15.4. The summed E-state index contributed by atoms with van der Waals surface area (Å²) in [5.74, 6) is 0.0336. The van der Waals surface area contributed by atoms with Crippen LogP contribution >= 0.6 is 12.4 Å². The zero-order valence-electron chi connectivity index (χ0n) is 13.8. The third-order valence-corrected chi connectivity index (χ3v) is 4.70. The first-order valence-electron chi connectivity index (χ1n) is 7.79. The SMILES string of the molecule is CS(=O)(=O)NCCC1CCCCN1C(=O)Cc1ccc(N)cn1.Cl. The van der Waals surface area contributed by atoms with Crippen molar-refractivity contribution in [1.82, 2.24) is 14.6 Å². The Hall–Kier alpha value is -1.38. The van der Waals surface area contributed by atoms with Crippen molar-refractivity contribution in [1.29, 1.82) is 0 Å². The first-order valence-corrected chi connectivity index (χ1v) is 9.69. The number of nitrogens with two attached hydrogens (primary N) is 1. The van der Waals surface area contributed by atoms with Crippen molar-refractivity contribution < 1.29 is 13.2 Å². The Balaban J connectivity index is 0.00000288. The first-order chi connectivity index (χ1) is 10.8. The maximum Gasteiger partial charge on any atom is 0.228 e. The van der Waals surface area contributed by atoms with Crippen molar-refractivity contribution in [2.75, 3.05) is 25.1 Å². The molecule has 1 saturated heterocycles. The van der Waals surface area contributed by atoms with Crippen molar-refractivity contribution in [2.24, 2.45) is 0 Å². The molecule has 9 heteroatoms. The largest absolute Gasteiger partial charge is 0.397 e. The number of hydrogen-bond acceptors (Lipinski definition) is 5. The van der Waals surface area contributed by atoms with Gasteiger partial charge in [-0.15, -0.1) is 12.4 Å². The standard InChI is InChI=1S/C15H24N4O3S.ClH/c1-23(21,22)18-8-7-14-4-2-3-9-19(14)15(20)10-13-6-5-12(16)11-17-13;/h5-6,11,14,18H,2-4,7-10,16H2,1H3;1H. The Bertz CT molecular complexity index is 637. The lowest BCUT2D eigenvalue weighted by Gasteiger charge is -2.36. The highest BCUT2D eigenvalue weighted by molar-refractivity contribution is 7.88. The second-order valence-electron chi connectivity index (χ2n) is 5.95. The zero-order chi connectivity index (χ0) is 16.9. The molecule has 0 aromatic carbocycles. The average molecular weight is 377 g/mol. The molecule has 1 aromatic rings. The number of amides is 1. The fraction of sp³-hybridized carbons (Fsp3) is 0.600. The number of nitrogen functional groups attached to an aromatic ring is 1. The number of anilines is 1. The predicted molar refractivity (Wildman–Crippen MR) is 96.4 cm³/mol. The average Bonchev–Trinajstić information content (AvgIpc) is 2.49. The van der Waals surface area contributed by atoms with Gasteiger partial charge in [-0.05, 0) is 37.8 Å². The van der Waals surface area contributed by atoms with Gasteiger partial charge >= 0.3 is 0 Å². The number of nitrogens with zero attached hydrogens (tertiary/aromatic N) is 2. The maximum atomic E-state index is 12.5. The van der Waals surface area contributed by atoms with E-state index in [0.29, 0.717) is 24.3 Å². The van der Waals surface area contributed by atoms with Gasteiger partial charge in [-0.3, -0.25) is 9.78 Å². The van der Waals surface area contributed by atoms with Crippen molar-refractivity contribution >= 4 is 34.0 Å². The van der Waals surface area contributed by atoms with E-state index in [1.54, 1.807) is 18.3 Å². The van der Waals surface area contributed by atoms with E-state index >= 15 is 0 Å². The Morgan fingerprint density at radius 3 is 2.79 bits per heavy atom. The molecule has 0 bridgehead atoms. The lowest BCUT2D eigenvalue weighted by Crippen LogP contribution is -2.45. The van der Waals surface area contributed by atoms with Gasteiger partial charge in [-0.1, -0.05) is 0 Å². The van der Waals surface area contributed by atoms with E-state index in [0.717, 1.165) is 32.1 Å². The summed E-state index contributed by atoms with van der Waals surface area (Å²) < 4.78 is 24.8. The molecule has 1 aliphatic heterocycles. The predicted octanol–water partition coefficient (Wildman–Crippen LogP) is 0.948. The fourth-order valence-electron chi connectivity index (χ4n) is 2.84. The summed E-state index contributed by atoms with van der Waals surface area (Å²) in [5.41, 5.74) is 6.87. The number of piperidine rings is 1. The highest BCUT2D eigenvalue weighted by Crippen LogP contribution is 2.20. The van der Waals surface area contributed by atoms with Crippen molar-refractivity contribution in [3.8, 4) is 0 Å². The lowest BCUT2D eigenvalue weighted by atomic mass is 9.98. The number of aromatic nitrogens is 1. The first kappa shape index (κ1) is 20.7. The van der Waals surface area contributed by atoms with Gasteiger partial charge in [0.2, 0.25) is 15.9 Å². The Labute approximate surface area is 149 Å². The van der Waals surface area contributed by atoms with Crippen LogP contribution in [0.3, 0.4) is 0 Å². The van der Waals surface area contributed by atoms with Crippen LogP contribution in [0.4, 0.5) is 5.69 Å². The number of nitrogens with one attached hydrogen (secondary N) is 1. The van der Waals surface area contributed by atoms with Crippen LogP contribution in [0.25, 0.3) is 0 Å². The molecule has 1 atom stereocenters. The Morgan fingerprint density at radius 1 is 1.42 bits per heavy atom. The summed E-state index contributed by atoms with van der Waals surface area (Å²) in [7, 11) is -3.19. The number of pyridine rings is 1. The molecule has 0 spiro atoms. The van der Waals surface area contributed by atoms with Crippen LogP contribution < -0.4 is 10.5 Å². The maximum absolute atomic E-state index is 12.5. The van der Waals surface area contributed by atoms with Crippen LogP contribution in [-0.4, -0.2) is 49.6 Å². The smallest absolute Gasteiger partial charge is 0.228 e. The van der Waals surface area contributed by atoms with Gasteiger partial charge in [-0.2, -0.15) is 0 Å². The van der Waals surface area contributed by atoms with Crippen LogP contribution in [-0.2, 0) is 21.2 Å². The third-order valence-electron chi connectivity index (χ3n) is 3.97. The van der Waals surface area contributed by atoms with Gasteiger partial charge < -0.3 is 10.6 Å². The number of halogens is 1. The fourth-order valence-corrected chi connectivity index (χ4v) is 3.33. The summed E-state index contributed by atoms with van der Waals surface area (Å²) in [6.07, 6.45) is 6.52. The molecule has 2 heterocycles. The summed E-state index contributed by atoms with van der Waals surface area (Å²) in [6.45, 7) is 1.07. The Morgan fingerprint density at radius 2 is 2.17 bits per heavy atom. The van der Waals surface area contributed by atoms with E-state index in [1.807, 2.05) is 4.90 Å². The molecule has 0 saturated carbocycles. The molecule has 2 rings (SSSR count). The van der Waals surface area contributed by atoms with Gasteiger partial charge in [0.1, 0.15) is 0 Å². The van der Waals surface area contributed by atoms with Crippen LogP contribution in [0.5, 0.6) is 0 Å². The lowest BCUT2D eigenvalue weighted by molar-refractivity contribution is -0.134. The molecule has 0 aliphatic carbocycles. The highest BCUT2D eigenvalue weighted by atomic mass is 35.5. The molecule has 1 aliphatic rings. The van der Waals surface area contributed by atoms with Crippen molar-refractivity contribution in [2.45, 2.75) is 38.1 Å². The minimum atomic E-state index is -3.19. The molecule has 24 heavy (non-hydrogen) atoms. The monoisotopic (exact) mass is 376 g/mol. The second-order valence-corrected chi connectivity index (χ2v) is 7.78. The third kappa shape index (κ3) is 6.62. The van der Waals surface area contributed by atoms with Crippen LogP contribution in [0.1, 0.15) is 31.4 Å². The van der Waals surface area contributed by atoms with Gasteiger partial charge in [0, 0.05) is 24.8 Å². The van der Waals surface area contributed by atoms with Gasteiger partial charge in [-0.25, -0.2) is 13.1 Å². The van der Waals surface area contributed by atoms with Crippen LogP contribution in [0.15, 0.2) is 18.3 Å². The molecule has 1 fully saturated rings. The topological polar surface area (TPSA) is 105 Å². The molecule has 1 unspecified atom stereocenters. The van der Waals surface area contributed by atoms with E-state index in [1.165, 1.54) is 0 Å². The van der Waals surface area contributed by atoms with E-state index in [9.17, 15) is 13.2 Å². The quantitative estimate of drug-likeness (QED) is 0.768. The van der Waals surface area contributed by atoms with Crippen molar-refractivity contribution in [3.63, 3.8) is 0 Å². The summed E-state index contributed by atoms with van der Waals surface area (Å²) in [5, 5.41) is 0. The number of rotatable bonds is 6. The summed E-state index contributed by atoms with van der Waals surface area (Å²) in [6, 6.07) is 3.58. The molecular formula is C15H25ClN4O3S. The molecular weight excluding hydrogens is 352 g/mol. The Kier molecular flexibility index (Phi) is 7.92. The second kappa shape index (κ2) is 9.19. The summed E-state index contributed by atoms with van der Waals surface area (Å²) >= 11 is 0. The molecule has 7 nitrogen and oxygen atoms in total. The van der Waals surface area contributed by atoms with Crippen LogP contribution in [0.2, 0.25) is 0 Å². The van der Waals surface area contributed by atoms with Crippen molar-refractivity contribution in [3.05, 3.63) is 24.0 Å².